The van der Waals surface area contributed by atoms with Gasteiger partial charge in [-0.05, 0) is 30.2 Å². The summed E-state index contributed by atoms with van der Waals surface area (Å²) in [5.41, 5.74) is 2.18. The quantitative estimate of drug-likeness (QED) is 0.529. The van der Waals surface area contributed by atoms with Crippen molar-refractivity contribution in [1.29, 1.82) is 0 Å². The number of carbonyl (C=O) groups is 1. The van der Waals surface area contributed by atoms with E-state index in [9.17, 15) is 4.79 Å². The summed E-state index contributed by atoms with van der Waals surface area (Å²) in [5.74, 6) is 1.43. The molecule has 0 atom stereocenters. The van der Waals surface area contributed by atoms with E-state index in [1.54, 1.807) is 37.0 Å². The molecule has 0 unspecified atom stereocenters. The van der Waals surface area contributed by atoms with Gasteiger partial charge in [-0.15, -0.1) is 0 Å². The van der Waals surface area contributed by atoms with Gasteiger partial charge < -0.3 is 20.3 Å². The fourth-order valence-corrected chi connectivity index (χ4v) is 2.33. The number of nitrogens with one attached hydrogen (secondary N) is 2. The zero-order valence-electron chi connectivity index (χ0n) is 16.4. The van der Waals surface area contributed by atoms with Crippen molar-refractivity contribution in [1.82, 2.24) is 25.3 Å². The van der Waals surface area contributed by atoms with Gasteiger partial charge in [0, 0.05) is 33.9 Å². The lowest BCUT2D eigenvalue weighted by atomic mass is 10.1. The minimum atomic E-state index is -0.0137. The number of amides is 1. The molecule has 8 nitrogen and oxygen atoms in total. The van der Waals surface area contributed by atoms with Crippen LogP contribution in [0.5, 0.6) is 5.75 Å². The number of rotatable bonds is 8. The van der Waals surface area contributed by atoms with E-state index in [1.807, 2.05) is 37.4 Å². The molecule has 1 heterocycles. The number of nitrogens with zero attached hydrogens (tertiary/aromatic N) is 4. The van der Waals surface area contributed by atoms with Crippen LogP contribution in [0.3, 0.4) is 0 Å². The molecule has 8 heteroatoms. The minimum Gasteiger partial charge on any atom is -0.497 e. The lowest BCUT2D eigenvalue weighted by molar-refractivity contribution is -0.127. The van der Waals surface area contributed by atoms with Gasteiger partial charge in [-0.25, -0.2) is 4.99 Å². The summed E-state index contributed by atoms with van der Waals surface area (Å²) in [6.45, 7) is 1.36. The van der Waals surface area contributed by atoms with Crippen molar-refractivity contribution in [3.05, 3.63) is 47.8 Å². The second-order valence-electron chi connectivity index (χ2n) is 6.28. The summed E-state index contributed by atoms with van der Waals surface area (Å²) in [7, 11) is 6.99. The highest BCUT2D eigenvalue weighted by Gasteiger charge is 2.06. The normalized spacial score (nSPS) is 11.2. The first kappa shape index (κ1) is 20.3. The average Bonchev–Trinajstić information content (AvgIpc) is 3.08. The molecule has 0 bridgehead atoms. The van der Waals surface area contributed by atoms with Crippen LogP contribution in [0.15, 0.2) is 41.5 Å². The van der Waals surface area contributed by atoms with Crippen LogP contribution in [0.4, 0.5) is 0 Å². The van der Waals surface area contributed by atoms with E-state index < -0.39 is 0 Å². The first-order valence-corrected chi connectivity index (χ1v) is 8.81. The van der Waals surface area contributed by atoms with Crippen LogP contribution in [-0.4, -0.2) is 60.8 Å². The van der Waals surface area contributed by atoms with Gasteiger partial charge in [0.15, 0.2) is 5.96 Å². The van der Waals surface area contributed by atoms with E-state index in [0.29, 0.717) is 19.0 Å². The molecular formula is C19H28N6O2. The second kappa shape index (κ2) is 10.2. The molecule has 2 rings (SSSR count). The maximum atomic E-state index is 11.8. The molecule has 1 amide bonds. The second-order valence-corrected chi connectivity index (χ2v) is 6.28. The zero-order chi connectivity index (χ0) is 19.6. The van der Waals surface area contributed by atoms with Crippen LogP contribution < -0.4 is 15.4 Å². The number of ether oxygens (including phenoxy) is 1. The highest BCUT2D eigenvalue weighted by molar-refractivity contribution is 5.86. The highest BCUT2D eigenvalue weighted by Crippen LogP contribution is 2.11. The summed E-state index contributed by atoms with van der Waals surface area (Å²) in [5, 5.41) is 10.5. The third kappa shape index (κ3) is 6.65. The zero-order valence-corrected chi connectivity index (χ0v) is 16.4. The SMILES string of the molecule is COc1ccc(CCNC(=NCc2ccnn2C)NCC(=O)N(C)C)cc1. The molecule has 0 aliphatic carbocycles. The standard InChI is InChI=1S/C19H28N6O2/c1-24(2)18(26)14-22-19(21-13-16-10-12-23-25(16)3)20-11-9-15-5-7-17(27-4)8-6-15/h5-8,10,12H,9,11,13-14H2,1-4H3,(H2,20,21,22). The molecule has 0 fully saturated rings. The number of methoxy groups -OCH3 is 1. The maximum Gasteiger partial charge on any atom is 0.241 e. The third-order valence-corrected chi connectivity index (χ3v) is 4.09. The van der Waals surface area contributed by atoms with Gasteiger partial charge in [-0.1, -0.05) is 12.1 Å². The van der Waals surface area contributed by atoms with Gasteiger partial charge in [0.05, 0.1) is 25.9 Å². The summed E-state index contributed by atoms with van der Waals surface area (Å²) in [6, 6.07) is 9.89. The van der Waals surface area contributed by atoms with Gasteiger partial charge in [0.1, 0.15) is 5.75 Å². The number of aliphatic imine (C=N–C) groups is 1. The monoisotopic (exact) mass is 372 g/mol. The molecule has 0 radical (unpaired) electrons. The van der Waals surface area contributed by atoms with Crippen molar-refractivity contribution in [3.8, 4) is 5.75 Å². The number of hydrogen-bond acceptors (Lipinski definition) is 4. The number of guanidine groups is 1. The number of aryl methyl sites for hydroxylation is 1. The van der Waals surface area contributed by atoms with Crippen LogP contribution in [0.1, 0.15) is 11.3 Å². The van der Waals surface area contributed by atoms with Crippen LogP contribution >= 0.6 is 0 Å². The third-order valence-electron chi connectivity index (χ3n) is 4.09. The first-order valence-electron chi connectivity index (χ1n) is 8.81. The minimum absolute atomic E-state index is 0.0137. The van der Waals surface area contributed by atoms with Gasteiger partial charge in [0.2, 0.25) is 5.91 Å². The van der Waals surface area contributed by atoms with Crippen LogP contribution in [0, 0.1) is 0 Å². The lowest BCUT2D eigenvalue weighted by Crippen LogP contribution is -2.43. The Balaban J connectivity index is 1.93. The van der Waals surface area contributed by atoms with Gasteiger partial charge in [0.25, 0.3) is 0 Å². The van der Waals surface area contributed by atoms with E-state index in [1.165, 1.54) is 5.56 Å². The fourth-order valence-electron chi connectivity index (χ4n) is 2.33. The van der Waals surface area contributed by atoms with E-state index in [2.05, 4.69) is 20.7 Å². The lowest BCUT2D eigenvalue weighted by Gasteiger charge is -2.15. The van der Waals surface area contributed by atoms with Crippen LogP contribution in [0.2, 0.25) is 0 Å². The predicted molar refractivity (Wildman–Crippen MR) is 106 cm³/mol. The summed E-state index contributed by atoms with van der Waals surface area (Å²) >= 11 is 0. The van der Waals surface area contributed by atoms with Gasteiger partial charge in [-0.2, -0.15) is 5.10 Å². The van der Waals surface area contributed by atoms with Gasteiger partial charge in [-0.3, -0.25) is 9.48 Å². The summed E-state index contributed by atoms with van der Waals surface area (Å²) in [4.78, 5) is 17.9. The Kier molecular flexibility index (Phi) is 7.66. The Morgan fingerprint density at radius 3 is 2.56 bits per heavy atom. The Bertz CT molecular complexity index is 752. The Labute approximate surface area is 160 Å². The van der Waals surface area contributed by atoms with E-state index in [0.717, 1.165) is 17.9 Å². The van der Waals surface area contributed by atoms with E-state index >= 15 is 0 Å². The number of carbonyl (C=O) groups excluding carboxylic acids is 1. The fraction of sp³-hybridized carbons (Fsp3) is 0.421. The first-order chi connectivity index (χ1) is 13.0. The molecule has 0 spiro atoms. The molecular weight excluding hydrogens is 344 g/mol. The average molecular weight is 372 g/mol. The van der Waals surface area contributed by atoms with E-state index in [4.69, 9.17) is 4.74 Å². The van der Waals surface area contributed by atoms with Crippen molar-refractivity contribution in [3.63, 3.8) is 0 Å². The van der Waals surface area contributed by atoms with Crippen molar-refractivity contribution in [2.45, 2.75) is 13.0 Å². The molecule has 0 aliphatic heterocycles. The predicted octanol–water partition coefficient (Wildman–Crippen LogP) is 0.795. The number of benzene rings is 1. The number of aromatic nitrogens is 2. The smallest absolute Gasteiger partial charge is 0.241 e. The molecule has 146 valence electrons. The number of likely N-dealkylation sites (N-methyl/N-ethyl adjacent to an activating group) is 1. The maximum absolute atomic E-state index is 11.8. The molecule has 0 saturated heterocycles. The van der Waals surface area contributed by atoms with Crippen molar-refractivity contribution < 1.29 is 9.53 Å². The molecule has 27 heavy (non-hydrogen) atoms. The van der Waals surface area contributed by atoms with Crippen LogP contribution in [-0.2, 0) is 24.8 Å². The van der Waals surface area contributed by atoms with Gasteiger partial charge >= 0.3 is 0 Å². The largest absolute Gasteiger partial charge is 0.497 e. The summed E-state index contributed by atoms with van der Waals surface area (Å²) in [6.07, 6.45) is 2.57. The Morgan fingerprint density at radius 1 is 1.22 bits per heavy atom. The van der Waals surface area contributed by atoms with Crippen LogP contribution in [0.25, 0.3) is 0 Å². The van der Waals surface area contributed by atoms with Crippen molar-refractivity contribution >= 4 is 11.9 Å². The molecule has 2 aromatic rings. The highest BCUT2D eigenvalue weighted by atomic mass is 16.5. The molecule has 0 saturated carbocycles. The van der Waals surface area contributed by atoms with Crippen molar-refractivity contribution in [2.24, 2.45) is 12.0 Å². The molecule has 0 aliphatic rings. The summed E-state index contributed by atoms with van der Waals surface area (Å²) < 4.78 is 6.96. The topological polar surface area (TPSA) is 83.8 Å². The van der Waals surface area contributed by atoms with Crippen molar-refractivity contribution in [2.75, 3.05) is 34.3 Å². The number of hydrogen-bond donors (Lipinski definition) is 2. The molecule has 1 aromatic heterocycles. The molecule has 2 N–H and O–H groups in total. The Hall–Kier alpha value is -3.03. The van der Waals surface area contributed by atoms with E-state index in [-0.39, 0.29) is 12.5 Å². The Morgan fingerprint density at radius 2 is 1.96 bits per heavy atom. The molecule has 1 aromatic carbocycles.